The summed E-state index contributed by atoms with van der Waals surface area (Å²) < 4.78 is 0. The van der Waals surface area contributed by atoms with Crippen LogP contribution in [0, 0.1) is 0 Å². The summed E-state index contributed by atoms with van der Waals surface area (Å²) in [4.78, 5) is 0. The monoisotopic (exact) mass is 210 g/mol. The molecule has 0 fully saturated rings. The van der Waals surface area contributed by atoms with Crippen molar-refractivity contribution in [3.63, 3.8) is 0 Å². The first-order chi connectivity index (χ1) is 3.56. The predicted octanol–water partition coefficient (Wildman–Crippen LogP) is 0.163. The van der Waals surface area contributed by atoms with E-state index in [1.165, 1.54) is 12.8 Å². The number of rotatable bonds is 3. The van der Waals surface area contributed by atoms with E-state index in [1.54, 1.807) is 0 Å². The van der Waals surface area contributed by atoms with E-state index in [1.807, 2.05) is 6.55 Å². The van der Waals surface area contributed by atoms with Gasteiger partial charge >= 0.3 is 29.6 Å². The Morgan fingerprint density at radius 1 is 1.30 bits per heavy atom. The van der Waals surface area contributed by atoms with Crippen molar-refractivity contribution >= 4 is 28.9 Å². The van der Waals surface area contributed by atoms with E-state index in [-0.39, 0.29) is 35.0 Å². The van der Waals surface area contributed by atoms with E-state index in [2.05, 4.69) is 6.92 Å². The maximum absolute atomic E-state index is 5.82. The van der Waals surface area contributed by atoms with Gasteiger partial charge in [-0.05, 0) is 12.6 Å². The van der Waals surface area contributed by atoms with Crippen LogP contribution in [0.2, 0.25) is 12.6 Å². The normalized spacial score (nSPS) is 9.60. The Kier molecular flexibility index (Phi) is 15.7. The first-order valence-electron chi connectivity index (χ1n) is 2.94. The number of halogens is 2. The molecule has 0 unspecified atom stereocenters. The fraction of sp³-hybridized carbons (Fsp3) is 1.00. The molecule has 0 aliphatic carbocycles. The molecular formula is C5H13Cl2NaOSi. The van der Waals surface area contributed by atoms with Gasteiger partial charge in [-0.15, -0.1) is 22.2 Å². The third kappa shape index (κ3) is 16.4. The zero-order valence-electron chi connectivity index (χ0n) is 6.82. The first-order valence-corrected chi connectivity index (χ1v) is 7.67. The molecule has 0 aromatic rings. The van der Waals surface area contributed by atoms with E-state index in [0.29, 0.717) is 0 Å². The molecule has 0 aliphatic rings. The molecular weight excluding hydrogens is 198 g/mol. The molecule has 0 amide bonds. The van der Waals surface area contributed by atoms with Gasteiger partial charge in [0.15, 0.2) is 0 Å². The molecule has 0 radical (unpaired) electrons. The summed E-state index contributed by atoms with van der Waals surface area (Å²) >= 11 is 11.6. The van der Waals surface area contributed by atoms with Gasteiger partial charge in [0.05, 0.1) is 0 Å². The molecule has 1 N–H and O–H groups in total. The third-order valence-electron chi connectivity index (χ3n) is 0.969. The van der Waals surface area contributed by atoms with E-state index in [9.17, 15) is 0 Å². The molecule has 0 heterocycles. The molecule has 0 saturated heterocycles. The largest absolute Gasteiger partial charge is 1.00 e. The molecule has 1 nitrogen and oxygen atoms in total. The van der Waals surface area contributed by atoms with Gasteiger partial charge in [0, 0.05) is 0 Å². The Morgan fingerprint density at radius 2 is 1.70 bits per heavy atom. The molecule has 0 atom stereocenters. The minimum atomic E-state index is -1.73. The van der Waals surface area contributed by atoms with Crippen molar-refractivity contribution in [3.05, 3.63) is 0 Å². The molecule has 0 aromatic heterocycles. The van der Waals surface area contributed by atoms with Crippen LogP contribution in [0.25, 0.3) is 0 Å². The van der Waals surface area contributed by atoms with Gasteiger partial charge in [0.25, 0.3) is 0 Å². The second kappa shape index (κ2) is 8.85. The van der Waals surface area contributed by atoms with Crippen molar-refractivity contribution < 1.29 is 35.0 Å². The maximum atomic E-state index is 5.82. The fourth-order valence-corrected chi connectivity index (χ4v) is 2.26. The molecule has 0 spiro atoms. The molecule has 0 rings (SSSR count). The van der Waals surface area contributed by atoms with Crippen molar-refractivity contribution in [1.29, 1.82) is 0 Å². The van der Waals surface area contributed by atoms with Gasteiger partial charge in [-0.25, -0.2) is 0 Å². The predicted molar refractivity (Wildman–Crippen MR) is 45.0 cm³/mol. The second-order valence-corrected chi connectivity index (χ2v) is 10.4. The number of unbranched alkanes of at least 4 members (excludes halogenated alkanes) is 1. The quantitative estimate of drug-likeness (QED) is 0.483. The SMILES string of the molecule is CCCC[Si](C)(Cl)Cl.[Na+].[OH-]. The summed E-state index contributed by atoms with van der Waals surface area (Å²) in [6, 6.07) is 1.03. The van der Waals surface area contributed by atoms with Gasteiger partial charge in [-0.1, -0.05) is 19.8 Å². The van der Waals surface area contributed by atoms with Crippen LogP contribution in [-0.2, 0) is 0 Å². The summed E-state index contributed by atoms with van der Waals surface area (Å²) in [7, 11) is 0. The standard InChI is InChI=1S/C5H12Cl2Si.Na.H2O/c1-3-4-5-8(2,6)7;;/h3-5H2,1-2H3;;1H2/q;+1;/p-1. The van der Waals surface area contributed by atoms with E-state index < -0.39 is 6.69 Å². The molecule has 58 valence electrons. The summed E-state index contributed by atoms with van der Waals surface area (Å²) in [5.41, 5.74) is 0. The van der Waals surface area contributed by atoms with E-state index in [4.69, 9.17) is 22.2 Å². The molecule has 0 saturated carbocycles. The van der Waals surface area contributed by atoms with Crippen LogP contribution in [0.15, 0.2) is 0 Å². The van der Waals surface area contributed by atoms with E-state index >= 15 is 0 Å². The smallest absolute Gasteiger partial charge is 0.870 e. The van der Waals surface area contributed by atoms with Crippen molar-refractivity contribution in [2.24, 2.45) is 0 Å². The van der Waals surface area contributed by atoms with Crippen LogP contribution in [-0.4, -0.2) is 12.2 Å². The van der Waals surface area contributed by atoms with Gasteiger partial charge in [0.1, 0.15) is 0 Å². The summed E-state index contributed by atoms with van der Waals surface area (Å²) in [5.74, 6) is 0. The molecule has 0 bridgehead atoms. The number of hydrogen-bond donors (Lipinski definition) is 0. The van der Waals surface area contributed by atoms with Gasteiger partial charge in [-0.2, -0.15) is 0 Å². The van der Waals surface area contributed by atoms with Crippen molar-refractivity contribution in [3.8, 4) is 0 Å². The molecule has 10 heavy (non-hydrogen) atoms. The minimum absolute atomic E-state index is 0. The number of hydrogen-bond acceptors (Lipinski definition) is 1. The van der Waals surface area contributed by atoms with Crippen molar-refractivity contribution in [1.82, 2.24) is 0 Å². The Hall–Kier alpha value is 1.76. The Morgan fingerprint density at radius 3 is 1.80 bits per heavy atom. The Bertz CT molecular complexity index is 67.2. The van der Waals surface area contributed by atoms with Crippen LogP contribution < -0.4 is 29.6 Å². The third-order valence-corrected chi connectivity index (χ3v) is 3.33. The Balaban J connectivity index is -0.000000245. The zero-order chi connectivity index (χ0) is 6.62. The van der Waals surface area contributed by atoms with Crippen LogP contribution >= 0.6 is 22.2 Å². The minimum Gasteiger partial charge on any atom is -0.870 e. The molecule has 0 aliphatic heterocycles. The summed E-state index contributed by atoms with van der Waals surface area (Å²) in [6.45, 7) is 2.38. The topological polar surface area (TPSA) is 30.0 Å². The van der Waals surface area contributed by atoms with Gasteiger partial charge < -0.3 is 5.48 Å². The average Bonchev–Trinajstić information content (AvgIpc) is 1.59. The zero-order valence-corrected chi connectivity index (χ0v) is 11.3. The average molecular weight is 211 g/mol. The first kappa shape index (κ1) is 17.7. The fourth-order valence-electron chi connectivity index (χ4n) is 0.487. The van der Waals surface area contributed by atoms with Crippen LogP contribution in [0.1, 0.15) is 19.8 Å². The summed E-state index contributed by atoms with van der Waals surface area (Å²) in [6.07, 6.45) is 2.37. The second-order valence-electron chi connectivity index (χ2n) is 2.17. The molecule has 5 heteroatoms. The van der Waals surface area contributed by atoms with Crippen molar-refractivity contribution in [2.45, 2.75) is 32.4 Å². The maximum Gasteiger partial charge on any atom is 1.00 e. The summed E-state index contributed by atoms with van der Waals surface area (Å²) in [5, 5.41) is 0. The van der Waals surface area contributed by atoms with E-state index in [0.717, 1.165) is 6.04 Å². The van der Waals surface area contributed by atoms with Gasteiger partial charge in [0.2, 0.25) is 6.69 Å². The van der Waals surface area contributed by atoms with Crippen LogP contribution in [0.5, 0.6) is 0 Å². The van der Waals surface area contributed by atoms with Gasteiger partial charge in [-0.3, -0.25) is 0 Å². The Labute approximate surface area is 95.5 Å². The molecule has 0 aromatic carbocycles. The van der Waals surface area contributed by atoms with Crippen LogP contribution in [0.3, 0.4) is 0 Å². The van der Waals surface area contributed by atoms with Crippen molar-refractivity contribution in [2.75, 3.05) is 0 Å². The van der Waals surface area contributed by atoms with Crippen LogP contribution in [0.4, 0.5) is 0 Å².